The van der Waals surface area contributed by atoms with Crippen molar-refractivity contribution in [3.05, 3.63) is 21.1 Å². The van der Waals surface area contributed by atoms with Crippen LogP contribution in [-0.2, 0) is 0 Å². The first-order chi connectivity index (χ1) is 8.40. The summed E-state index contributed by atoms with van der Waals surface area (Å²) in [6.45, 7) is 4.67. The van der Waals surface area contributed by atoms with E-state index >= 15 is 0 Å². The third-order valence-electron chi connectivity index (χ3n) is 3.45. The largest absolute Gasteiger partial charge is 0.388 e. The minimum atomic E-state index is -0.657. The molecule has 1 aliphatic rings. The molecule has 18 heavy (non-hydrogen) atoms. The molecule has 1 N–H and O–H groups in total. The van der Waals surface area contributed by atoms with Crippen molar-refractivity contribution in [2.75, 3.05) is 18.5 Å². The highest BCUT2D eigenvalue weighted by Crippen LogP contribution is 2.43. The third-order valence-corrected chi connectivity index (χ3v) is 4.86. The lowest BCUT2D eigenvalue weighted by atomic mass is 10.3. The average molecular weight is 270 g/mol. The second-order valence-corrected chi connectivity index (χ2v) is 6.19. The van der Waals surface area contributed by atoms with E-state index in [0.29, 0.717) is 15.8 Å². The monoisotopic (exact) mass is 270 g/mol. The van der Waals surface area contributed by atoms with Crippen LogP contribution in [0.15, 0.2) is 6.07 Å². The predicted octanol–water partition coefficient (Wildman–Crippen LogP) is 2.80. The Hall–Kier alpha value is -1.14. The van der Waals surface area contributed by atoms with Crippen molar-refractivity contribution in [2.24, 2.45) is 11.8 Å². The Balaban J connectivity index is 2.21. The van der Waals surface area contributed by atoms with Gasteiger partial charge in [0.15, 0.2) is 5.00 Å². The van der Waals surface area contributed by atoms with Gasteiger partial charge < -0.3 is 10.0 Å². The summed E-state index contributed by atoms with van der Waals surface area (Å²) in [5.41, 5.74) is 0.103. The molecule has 1 fully saturated rings. The van der Waals surface area contributed by atoms with Crippen LogP contribution in [0.4, 0.5) is 10.7 Å². The van der Waals surface area contributed by atoms with Crippen molar-refractivity contribution in [2.45, 2.75) is 26.4 Å². The lowest BCUT2D eigenvalue weighted by Gasteiger charge is -2.16. The molecule has 1 aromatic rings. The molecule has 5 nitrogen and oxygen atoms in total. The Morgan fingerprint density at radius 1 is 1.72 bits per heavy atom. The van der Waals surface area contributed by atoms with E-state index in [2.05, 4.69) is 6.92 Å². The van der Waals surface area contributed by atoms with Gasteiger partial charge in [0, 0.05) is 24.5 Å². The van der Waals surface area contributed by atoms with Crippen LogP contribution in [0.5, 0.6) is 0 Å². The molecule has 2 unspecified atom stereocenters. The molecule has 0 aliphatic heterocycles. The van der Waals surface area contributed by atoms with Crippen LogP contribution in [0, 0.1) is 22.0 Å². The summed E-state index contributed by atoms with van der Waals surface area (Å²) in [6, 6.07) is 1.48. The number of aliphatic hydroxyl groups excluding tert-OH is 1. The van der Waals surface area contributed by atoms with Gasteiger partial charge in [-0.05, 0) is 25.2 Å². The van der Waals surface area contributed by atoms with Crippen molar-refractivity contribution in [3.8, 4) is 0 Å². The Labute approximate surface area is 110 Å². The average Bonchev–Trinajstić information content (AvgIpc) is 2.82. The molecule has 2 rings (SSSR count). The number of nitro groups is 1. The zero-order valence-corrected chi connectivity index (χ0v) is 11.6. The summed E-state index contributed by atoms with van der Waals surface area (Å²) in [7, 11) is 1.88. The van der Waals surface area contributed by atoms with E-state index in [-0.39, 0.29) is 10.6 Å². The second-order valence-electron chi connectivity index (χ2n) is 5.13. The molecule has 1 saturated carbocycles. The summed E-state index contributed by atoms with van der Waals surface area (Å²) in [5.74, 6) is 1.37. The fourth-order valence-electron chi connectivity index (χ4n) is 2.09. The molecule has 1 heterocycles. The normalized spacial score (nSPS) is 23.8. The lowest BCUT2D eigenvalue weighted by molar-refractivity contribution is -0.383. The summed E-state index contributed by atoms with van der Waals surface area (Å²) < 4.78 is 0. The molecule has 3 atom stereocenters. The second kappa shape index (κ2) is 4.85. The van der Waals surface area contributed by atoms with Crippen LogP contribution in [0.3, 0.4) is 0 Å². The lowest BCUT2D eigenvalue weighted by Crippen LogP contribution is -2.20. The van der Waals surface area contributed by atoms with Gasteiger partial charge in [0.25, 0.3) is 0 Å². The molecule has 0 saturated heterocycles. The van der Waals surface area contributed by atoms with Gasteiger partial charge in [-0.1, -0.05) is 6.92 Å². The van der Waals surface area contributed by atoms with E-state index in [9.17, 15) is 15.2 Å². The number of anilines is 1. The standard InChI is InChI=1S/C12H18N2O3S/c1-7-4-9(7)6-13(3)12-10(14(16)17)5-11(18-12)8(2)15/h5,7-9,15H,4,6H2,1-3H3/t7?,8-,9?/m1/s1. The van der Waals surface area contributed by atoms with Crippen LogP contribution in [0.1, 0.15) is 31.2 Å². The van der Waals surface area contributed by atoms with Gasteiger partial charge in [-0.2, -0.15) is 0 Å². The van der Waals surface area contributed by atoms with Crippen molar-refractivity contribution < 1.29 is 10.0 Å². The number of thiophene rings is 1. The van der Waals surface area contributed by atoms with E-state index in [4.69, 9.17) is 0 Å². The first-order valence-corrected chi connectivity index (χ1v) is 6.89. The molecule has 0 amide bonds. The summed E-state index contributed by atoms with van der Waals surface area (Å²) >= 11 is 1.31. The van der Waals surface area contributed by atoms with Crippen LogP contribution >= 0.6 is 11.3 Å². The maximum atomic E-state index is 11.0. The summed E-state index contributed by atoms with van der Waals surface area (Å²) in [4.78, 5) is 13.3. The first kappa shape index (κ1) is 13.3. The molecule has 1 aromatic heterocycles. The zero-order valence-electron chi connectivity index (χ0n) is 10.8. The van der Waals surface area contributed by atoms with Crippen LogP contribution in [0.25, 0.3) is 0 Å². The Morgan fingerprint density at radius 3 is 2.78 bits per heavy atom. The van der Waals surface area contributed by atoms with E-state index < -0.39 is 6.10 Å². The molecule has 1 aliphatic carbocycles. The highest BCUT2D eigenvalue weighted by Gasteiger charge is 2.35. The number of hydrogen-bond acceptors (Lipinski definition) is 5. The van der Waals surface area contributed by atoms with Gasteiger partial charge in [0.1, 0.15) is 0 Å². The molecular formula is C12H18N2O3S. The SMILES string of the molecule is CC1CC1CN(C)c1sc([C@@H](C)O)cc1[N+](=O)[O-]. The van der Waals surface area contributed by atoms with Crippen LogP contribution in [-0.4, -0.2) is 23.6 Å². The number of rotatable bonds is 5. The van der Waals surface area contributed by atoms with Gasteiger partial charge >= 0.3 is 5.69 Å². The highest BCUT2D eigenvalue weighted by atomic mass is 32.1. The predicted molar refractivity (Wildman–Crippen MR) is 72.1 cm³/mol. The van der Waals surface area contributed by atoms with Crippen molar-refractivity contribution in [1.29, 1.82) is 0 Å². The number of hydrogen-bond donors (Lipinski definition) is 1. The smallest absolute Gasteiger partial charge is 0.304 e. The molecule has 100 valence electrons. The van der Waals surface area contributed by atoms with Crippen molar-refractivity contribution >= 4 is 22.0 Å². The Bertz CT molecular complexity index is 458. The Morgan fingerprint density at radius 2 is 2.33 bits per heavy atom. The minimum absolute atomic E-state index is 0.103. The summed E-state index contributed by atoms with van der Waals surface area (Å²) in [5, 5.41) is 21.2. The van der Waals surface area contributed by atoms with Crippen LogP contribution < -0.4 is 4.90 Å². The van der Waals surface area contributed by atoms with Gasteiger partial charge in [0.05, 0.1) is 11.0 Å². The first-order valence-electron chi connectivity index (χ1n) is 6.07. The fourth-order valence-corrected chi connectivity index (χ4v) is 3.12. The Kier molecular flexibility index (Phi) is 3.59. The van der Waals surface area contributed by atoms with Crippen LogP contribution in [0.2, 0.25) is 0 Å². The fraction of sp³-hybridized carbons (Fsp3) is 0.667. The summed E-state index contributed by atoms with van der Waals surface area (Å²) in [6.07, 6.45) is 0.544. The quantitative estimate of drug-likeness (QED) is 0.660. The molecule has 0 bridgehead atoms. The molecule has 6 heteroatoms. The van der Waals surface area contributed by atoms with E-state index in [1.165, 1.54) is 23.8 Å². The number of nitrogens with zero attached hydrogens (tertiary/aromatic N) is 2. The van der Waals surface area contributed by atoms with Crippen molar-refractivity contribution in [3.63, 3.8) is 0 Å². The molecule has 0 spiro atoms. The van der Waals surface area contributed by atoms with E-state index in [0.717, 1.165) is 12.5 Å². The van der Waals surface area contributed by atoms with Gasteiger partial charge in [-0.3, -0.25) is 10.1 Å². The minimum Gasteiger partial charge on any atom is -0.388 e. The van der Waals surface area contributed by atoms with Gasteiger partial charge in [-0.15, -0.1) is 11.3 Å². The van der Waals surface area contributed by atoms with Crippen molar-refractivity contribution in [1.82, 2.24) is 0 Å². The maximum Gasteiger partial charge on any atom is 0.304 e. The van der Waals surface area contributed by atoms with E-state index in [1.807, 2.05) is 11.9 Å². The molecular weight excluding hydrogens is 252 g/mol. The van der Waals surface area contributed by atoms with E-state index in [1.54, 1.807) is 6.92 Å². The molecule has 0 aromatic carbocycles. The maximum absolute atomic E-state index is 11.0. The molecule has 0 radical (unpaired) electrons. The highest BCUT2D eigenvalue weighted by molar-refractivity contribution is 7.16. The zero-order chi connectivity index (χ0) is 13.4. The topological polar surface area (TPSA) is 66.6 Å². The van der Waals surface area contributed by atoms with Gasteiger partial charge in [-0.25, -0.2) is 0 Å². The van der Waals surface area contributed by atoms with Gasteiger partial charge in [0.2, 0.25) is 0 Å². The third kappa shape index (κ3) is 2.64. The number of aliphatic hydroxyl groups is 1.